The van der Waals surface area contributed by atoms with Crippen LogP contribution in [0.25, 0.3) is 0 Å². The molecule has 0 aliphatic rings. The van der Waals surface area contributed by atoms with E-state index in [9.17, 15) is 8.42 Å². The van der Waals surface area contributed by atoms with Gasteiger partial charge in [0.15, 0.2) is 0 Å². The van der Waals surface area contributed by atoms with E-state index in [1.54, 1.807) is 6.92 Å². The summed E-state index contributed by atoms with van der Waals surface area (Å²) in [7, 11) is -3.89. The van der Waals surface area contributed by atoms with Crippen LogP contribution >= 0.6 is 0 Å². The zero-order chi connectivity index (χ0) is 8.20. The molecule has 0 amide bonds. The van der Waals surface area contributed by atoms with Gasteiger partial charge >= 0.3 is 29.6 Å². The van der Waals surface area contributed by atoms with Crippen LogP contribution < -0.4 is 29.6 Å². The summed E-state index contributed by atoms with van der Waals surface area (Å²) in [5, 5.41) is 8.85. The predicted octanol–water partition coefficient (Wildman–Crippen LogP) is -2.85. The van der Waals surface area contributed by atoms with Gasteiger partial charge < -0.3 is 6.53 Å². The van der Waals surface area contributed by atoms with Gasteiger partial charge in [0.25, 0.3) is 10.1 Å². The number of aliphatic hydroxyl groups is 1. The number of aliphatic hydroxyl groups excluding tert-OH is 1. The average Bonchev–Trinajstić information content (AvgIpc) is 1.81. The van der Waals surface area contributed by atoms with E-state index in [1.807, 2.05) is 0 Å². The molecule has 0 saturated carbocycles. The number of hydrogen-bond donors (Lipinski definition) is 2. The Morgan fingerprint density at radius 3 is 2.27 bits per heavy atom. The Morgan fingerprint density at radius 1 is 1.55 bits per heavy atom. The van der Waals surface area contributed by atoms with E-state index in [0.29, 0.717) is 6.42 Å². The van der Waals surface area contributed by atoms with Crippen molar-refractivity contribution in [1.29, 1.82) is 0 Å². The van der Waals surface area contributed by atoms with E-state index in [0.717, 1.165) is 0 Å². The van der Waals surface area contributed by atoms with E-state index >= 15 is 0 Å². The molecule has 6 heteroatoms. The Bertz CT molecular complexity index is 182. The second-order valence-corrected chi connectivity index (χ2v) is 3.71. The van der Waals surface area contributed by atoms with Crippen molar-refractivity contribution in [2.45, 2.75) is 25.9 Å². The first-order valence-corrected chi connectivity index (χ1v) is 4.70. The van der Waals surface area contributed by atoms with Crippen LogP contribution in [0.2, 0.25) is 0 Å². The molecule has 4 nitrogen and oxygen atoms in total. The van der Waals surface area contributed by atoms with Gasteiger partial charge in [-0.15, -0.1) is 0 Å². The van der Waals surface area contributed by atoms with Crippen molar-refractivity contribution in [3.05, 3.63) is 0 Å². The molecular formula is C5H13NaO4S. The molecular weight excluding hydrogens is 179 g/mol. The third-order valence-electron chi connectivity index (χ3n) is 1.18. The summed E-state index contributed by atoms with van der Waals surface area (Å²) in [6, 6.07) is 0. The zero-order valence-corrected chi connectivity index (χ0v) is 9.63. The number of hydrogen-bond acceptors (Lipinski definition) is 3. The van der Waals surface area contributed by atoms with E-state index in [-0.39, 0.29) is 43.2 Å². The Balaban J connectivity index is -0.000000405. The van der Waals surface area contributed by atoms with Gasteiger partial charge in [-0.3, -0.25) is 4.55 Å². The van der Waals surface area contributed by atoms with Gasteiger partial charge in [-0.1, -0.05) is 6.92 Å². The molecule has 0 rings (SSSR count). The molecule has 0 aromatic rings. The topological polar surface area (TPSA) is 74.6 Å². The van der Waals surface area contributed by atoms with E-state index in [4.69, 9.17) is 9.66 Å². The van der Waals surface area contributed by atoms with Crippen molar-refractivity contribution in [3.63, 3.8) is 0 Å². The van der Waals surface area contributed by atoms with Crippen molar-refractivity contribution in [1.82, 2.24) is 0 Å². The quantitative estimate of drug-likeness (QED) is 0.371. The molecule has 0 spiro atoms. The van der Waals surface area contributed by atoms with Crippen molar-refractivity contribution < 1.29 is 49.1 Å². The van der Waals surface area contributed by atoms with Crippen molar-refractivity contribution in [2.24, 2.45) is 0 Å². The van der Waals surface area contributed by atoms with Crippen molar-refractivity contribution >= 4 is 10.1 Å². The fourth-order valence-electron chi connectivity index (χ4n) is 0.489. The molecule has 2 N–H and O–H groups in total. The molecule has 1 unspecified atom stereocenters. The monoisotopic (exact) mass is 192 g/mol. The molecule has 0 heterocycles. The van der Waals surface area contributed by atoms with Crippen LogP contribution in [-0.4, -0.2) is 29.9 Å². The maximum atomic E-state index is 10.1. The summed E-state index contributed by atoms with van der Waals surface area (Å²) in [6.07, 6.45) is -0.00729. The van der Waals surface area contributed by atoms with Gasteiger partial charge in [0.1, 0.15) is 0 Å². The van der Waals surface area contributed by atoms with Crippen LogP contribution in [0.5, 0.6) is 0 Å². The van der Waals surface area contributed by atoms with Crippen LogP contribution in [0, 0.1) is 0 Å². The molecule has 64 valence electrons. The van der Waals surface area contributed by atoms with Crippen LogP contribution in [0.15, 0.2) is 0 Å². The summed E-state index contributed by atoms with van der Waals surface area (Å²) in [6.45, 7) is 1.74. The molecule has 0 aromatic carbocycles. The third-order valence-corrected chi connectivity index (χ3v) is 1.93. The minimum absolute atomic E-state index is 0. The Hall–Kier alpha value is 0.870. The summed E-state index contributed by atoms with van der Waals surface area (Å²) in [5.74, 6) is -0.359. The van der Waals surface area contributed by atoms with E-state index in [1.165, 1.54) is 0 Å². The molecule has 0 saturated heterocycles. The Labute approximate surface area is 90.5 Å². The molecule has 0 bridgehead atoms. The van der Waals surface area contributed by atoms with Gasteiger partial charge in [0.05, 0.1) is 11.9 Å². The predicted molar refractivity (Wildman–Crippen MR) is 38.4 cm³/mol. The van der Waals surface area contributed by atoms with Gasteiger partial charge in [0, 0.05) is 0 Å². The summed E-state index contributed by atoms with van der Waals surface area (Å²) in [5.41, 5.74) is 0. The third kappa shape index (κ3) is 10.9. The normalized spacial score (nSPS) is 13.7. The average molecular weight is 192 g/mol. The standard InChI is InChI=1S/C5H12O4S.Na.H/c1-2-5(6)3-4-10(7,8)9;;/h5-6H,2-4H2,1H3,(H,7,8,9);;/q;+1;-1. The van der Waals surface area contributed by atoms with Crippen molar-refractivity contribution in [3.8, 4) is 0 Å². The fourth-order valence-corrected chi connectivity index (χ4v) is 1.06. The smallest absolute Gasteiger partial charge is 1.00 e. The van der Waals surface area contributed by atoms with Crippen LogP contribution in [-0.2, 0) is 10.1 Å². The Morgan fingerprint density at radius 2 is 2.00 bits per heavy atom. The molecule has 0 aliphatic carbocycles. The van der Waals surface area contributed by atoms with Gasteiger partial charge in [-0.05, 0) is 12.8 Å². The maximum Gasteiger partial charge on any atom is 1.00 e. The van der Waals surface area contributed by atoms with Crippen molar-refractivity contribution in [2.75, 3.05) is 5.75 Å². The van der Waals surface area contributed by atoms with E-state index < -0.39 is 16.2 Å². The first-order valence-electron chi connectivity index (χ1n) is 3.09. The molecule has 11 heavy (non-hydrogen) atoms. The maximum absolute atomic E-state index is 10.1. The first kappa shape index (κ1) is 14.4. The summed E-state index contributed by atoms with van der Waals surface area (Å²) < 4.78 is 28.4. The minimum atomic E-state index is -3.89. The summed E-state index contributed by atoms with van der Waals surface area (Å²) >= 11 is 0. The Kier molecular flexibility index (Phi) is 8.37. The van der Waals surface area contributed by atoms with E-state index in [2.05, 4.69) is 0 Å². The molecule has 0 aromatic heterocycles. The molecule has 0 fully saturated rings. The second kappa shape index (κ2) is 6.39. The second-order valence-electron chi connectivity index (χ2n) is 2.14. The molecule has 0 aliphatic heterocycles. The fraction of sp³-hybridized carbons (Fsp3) is 1.00. The molecule has 0 radical (unpaired) electrons. The number of rotatable bonds is 4. The van der Waals surface area contributed by atoms with Gasteiger partial charge in [-0.2, -0.15) is 8.42 Å². The first-order chi connectivity index (χ1) is 4.45. The summed E-state index contributed by atoms with van der Waals surface area (Å²) in [4.78, 5) is 0. The van der Waals surface area contributed by atoms with Gasteiger partial charge in [0.2, 0.25) is 0 Å². The van der Waals surface area contributed by atoms with Crippen LogP contribution in [0.1, 0.15) is 21.2 Å². The van der Waals surface area contributed by atoms with Gasteiger partial charge in [-0.25, -0.2) is 0 Å². The SMILES string of the molecule is CCC(O)CCS(=O)(=O)O.[H-].[Na+]. The zero-order valence-electron chi connectivity index (χ0n) is 7.82. The minimum Gasteiger partial charge on any atom is -1.00 e. The van der Waals surface area contributed by atoms with Crippen LogP contribution in [0.4, 0.5) is 0 Å². The molecule has 1 atom stereocenters. The van der Waals surface area contributed by atoms with Crippen LogP contribution in [0.3, 0.4) is 0 Å². The largest absolute Gasteiger partial charge is 1.00 e.